The Bertz CT molecular complexity index is 1280. The predicted molar refractivity (Wildman–Crippen MR) is 139 cm³/mol. The summed E-state index contributed by atoms with van der Waals surface area (Å²) in [5.41, 5.74) is 4.03. The highest BCUT2D eigenvalue weighted by molar-refractivity contribution is 7.80. The smallest absolute Gasteiger partial charge is 0.269 e. The molecule has 3 aromatic carbocycles. The molecule has 9 nitrogen and oxygen atoms in total. The summed E-state index contributed by atoms with van der Waals surface area (Å²) in [6, 6.07) is 21.1. The summed E-state index contributed by atoms with van der Waals surface area (Å²) in [5.74, 6) is -0.270. The first-order chi connectivity index (χ1) is 17.4. The minimum absolute atomic E-state index is 0.0459. The van der Waals surface area contributed by atoms with Crippen LogP contribution < -0.4 is 25.1 Å². The lowest BCUT2D eigenvalue weighted by atomic mass is 10.1. The van der Waals surface area contributed by atoms with Crippen LogP contribution in [0.25, 0.3) is 0 Å². The van der Waals surface area contributed by atoms with E-state index in [4.69, 9.17) is 21.7 Å². The predicted octanol–water partition coefficient (Wildman–Crippen LogP) is 3.38. The maximum atomic E-state index is 13.5. The van der Waals surface area contributed by atoms with E-state index in [1.165, 1.54) is 24.1 Å². The molecule has 0 spiro atoms. The van der Waals surface area contributed by atoms with E-state index in [2.05, 4.69) is 10.7 Å². The number of ether oxygens (including phenoxy) is 2. The van der Waals surface area contributed by atoms with E-state index in [1.54, 1.807) is 78.9 Å². The lowest BCUT2D eigenvalue weighted by Crippen LogP contribution is -2.49. The van der Waals surface area contributed by atoms with Gasteiger partial charge in [0, 0.05) is 5.56 Å². The minimum Gasteiger partial charge on any atom is -0.497 e. The maximum Gasteiger partial charge on any atom is 0.269 e. The second kappa shape index (κ2) is 10.9. The second-order valence-electron chi connectivity index (χ2n) is 7.80. The van der Waals surface area contributed by atoms with Gasteiger partial charge in [0.1, 0.15) is 17.5 Å². The summed E-state index contributed by atoms with van der Waals surface area (Å²) in [6.07, 6.45) is -0.265. The topological polar surface area (TPSA) is 100 Å². The van der Waals surface area contributed by atoms with Crippen molar-refractivity contribution in [3.05, 3.63) is 84.4 Å². The van der Waals surface area contributed by atoms with E-state index in [9.17, 15) is 14.4 Å². The van der Waals surface area contributed by atoms with Crippen molar-refractivity contribution < 1.29 is 23.9 Å². The van der Waals surface area contributed by atoms with Gasteiger partial charge < -0.3 is 14.8 Å². The van der Waals surface area contributed by atoms with Crippen LogP contribution in [-0.2, 0) is 9.59 Å². The van der Waals surface area contributed by atoms with Crippen molar-refractivity contribution in [3.8, 4) is 11.5 Å². The number of anilines is 2. The van der Waals surface area contributed by atoms with Gasteiger partial charge in [-0.3, -0.25) is 24.7 Å². The molecule has 1 saturated heterocycles. The summed E-state index contributed by atoms with van der Waals surface area (Å²) in [4.78, 5) is 40.7. The third-order valence-electron chi connectivity index (χ3n) is 5.56. The summed E-state index contributed by atoms with van der Waals surface area (Å²) < 4.78 is 10.5. The van der Waals surface area contributed by atoms with Crippen molar-refractivity contribution in [2.45, 2.75) is 12.5 Å². The number of benzene rings is 3. The molecule has 0 aromatic heterocycles. The van der Waals surface area contributed by atoms with Crippen LogP contribution >= 0.6 is 12.2 Å². The number of rotatable bonds is 8. The molecule has 3 amide bonds. The van der Waals surface area contributed by atoms with E-state index >= 15 is 0 Å². The number of hydrazine groups is 1. The molecule has 184 valence electrons. The molecular formula is C26H24N4O5S. The molecule has 0 aliphatic carbocycles. The monoisotopic (exact) mass is 504 g/mol. The number of methoxy groups -OCH3 is 2. The Morgan fingerprint density at radius 1 is 0.917 bits per heavy atom. The molecule has 36 heavy (non-hydrogen) atoms. The highest BCUT2D eigenvalue weighted by atomic mass is 32.1. The Morgan fingerprint density at radius 2 is 1.58 bits per heavy atom. The van der Waals surface area contributed by atoms with Gasteiger partial charge in [0.25, 0.3) is 11.8 Å². The van der Waals surface area contributed by atoms with Gasteiger partial charge in [-0.25, -0.2) is 5.01 Å². The number of carbonyl (C=O) groups excluding carboxylic acids is 3. The molecule has 4 rings (SSSR count). The van der Waals surface area contributed by atoms with Crippen LogP contribution in [0.5, 0.6) is 11.5 Å². The molecule has 0 saturated carbocycles. The van der Waals surface area contributed by atoms with E-state index < -0.39 is 23.8 Å². The Labute approximate surface area is 213 Å². The zero-order valence-electron chi connectivity index (χ0n) is 19.6. The van der Waals surface area contributed by atoms with Gasteiger partial charge >= 0.3 is 0 Å². The summed E-state index contributed by atoms with van der Waals surface area (Å²) in [6.45, 7) is 0. The number of nitrogens with zero attached hydrogens (tertiary/aromatic N) is 2. The van der Waals surface area contributed by atoms with E-state index in [0.717, 1.165) is 0 Å². The van der Waals surface area contributed by atoms with Gasteiger partial charge in [0.2, 0.25) is 11.0 Å². The fraction of sp³-hybridized carbons (Fsp3) is 0.154. The summed E-state index contributed by atoms with van der Waals surface area (Å²) in [7, 11) is 3.04. The minimum atomic E-state index is -1.07. The second-order valence-corrected chi connectivity index (χ2v) is 8.16. The molecule has 1 atom stereocenters. The van der Waals surface area contributed by atoms with Crippen molar-refractivity contribution in [3.63, 3.8) is 0 Å². The Hall–Kier alpha value is -4.44. The van der Waals surface area contributed by atoms with Gasteiger partial charge in [-0.15, -0.1) is 0 Å². The number of hydrogen-bond acceptors (Lipinski definition) is 6. The first-order valence-electron chi connectivity index (χ1n) is 11.0. The van der Waals surface area contributed by atoms with E-state index in [0.29, 0.717) is 28.4 Å². The van der Waals surface area contributed by atoms with Crippen molar-refractivity contribution >= 4 is 46.4 Å². The third kappa shape index (κ3) is 5.13. The molecule has 10 heteroatoms. The van der Waals surface area contributed by atoms with Crippen molar-refractivity contribution in [1.82, 2.24) is 10.4 Å². The van der Waals surface area contributed by atoms with Gasteiger partial charge in [-0.1, -0.05) is 30.3 Å². The summed E-state index contributed by atoms with van der Waals surface area (Å²) >= 11 is 5.58. The average Bonchev–Trinajstić information content (AvgIpc) is 3.13. The van der Waals surface area contributed by atoms with E-state index in [1.807, 2.05) is 0 Å². The number of carbonyl (C=O) groups is 3. The number of nitrogens with one attached hydrogen (secondary N) is 2. The van der Waals surface area contributed by atoms with Crippen LogP contribution in [0.2, 0.25) is 0 Å². The van der Waals surface area contributed by atoms with Crippen LogP contribution in [-0.4, -0.2) is 48.1 Å². The lowest BCUT2D eigenvalue weighted by molar-refractivity contribution is -0.124. The molecule has 1 aliphatic heterocycles. The molecular weight excluding hydrogens is 480 g/mol. The number of thiocarbonyl (C=S) groups is 1. The van der Waals surface area contributed by atoms with Crippen molar-refractivity contribution in [2.24, 2.45) is 0 Å². The lowest BCUT2D eigenvalue weighted by Gasteiger charge is -2.24. The molecule has 0 bridgehead atoms. The molecule has 0 radical (unpaired) electrons. The molecule has 1 unspecified atom stereocenters. The van der Waals surface area contributed by atoms with Crippen molar-refractivity contribution in [2.75, 3.05) is 24.4 Å². The standard InChI is InChI=1S/C26H24N4O5S/c1-34-19-14-12-18(13-15-19)29-25(33)21(16-23(31)27-20-10-6-7-11-22(20)35-2)30(26(29)36)28-24(32)17-8-4-3-5-9-17/h3-15,21H,16H2,1-2H3,(H,27,31)(H,28,32). The summed E-state index contributed by atoms with van der Waals surface area (Å²) in [5, 5.41) is 4.07. The van der Waals surface area contributed by atoms with Gasteiger partial charge in [-0.2, -0.15) is 0 Å². The highest BCUT2D eigenvalue weighted by Crippen LogP contribution is 2.29. The van der Waals surface area contributed by atoms with Crippen LogP contribution in [0, 0.1) is 0 Å². The molecule has 1 heterocycles. The van der Waals surface area contributed by atoms with Crippen LogP contribution in [0.1, 0.15) is 16.8 Å². The fourth-order valence-corrected chi connectivity index (χ4v) is 4.12. The first kappa shape index (κ1) is 24.7. The number of hydrogen-bond donors (Lipinski definition) is 2. The number of amides is 3. The average molecular weight is 505 g/mol. The van der Waals surface area contributed by atoms with Crippen molar-refractivity contribution in [1.29, 1.82) is 0 Å². The Morgan fingerprint density at radius 3 is 2.25 bits per heavy atom. The first-order valence-corrected chi connectivity index (χ1v) is 11.4. The largest absolute Gasteiger partial charge is 0.497 e. The van der Waals surface area contributed by atoms with Gasteiger partial charge in [-0.05, 0) is 60.7 Å². The third-order valence-corrected chi connectivity index (χ3v) is 5.94. The van der Waals surface area contributed by atoms with Gasteiger partial charge in [0.15, 0.2) is 0 Å². The highest BCUT2D eigenvalue weighted by Gasteiger charge is 2.45. The zero-order chi connectivity index (χ0) is 25.7. The Kier molecular flexibility index (Phi) is 7.45. The van der Waals surface area contributed by atoms with Crippen LogP contribution in [0.15, 0.2) is 78.9 Å². The van der Waals surface area contributed by atoms with Gasteiger partial charge in [0.05, 0.1) is 32.0 Å². The van der Waals surface area contributed by atoms with Crippen LogP contribution in [0.3, 0.4) is 0 Å². The van der Waals surface area contributed by atoms with E-state index in [-0.39, 0.29) is 11.5 Å². The molecule has 1 fully saturated rings. The molecule has 1 aliphatic rings. The zero-order valence-corrected chi connectivity index (χ0v) is 20.5. The Balaban J connectivity index is 1.61. The number of para-hydroxylation sites is 2. The molecule has 3 aromatic rings. The normalized spacial score (nSPS) is 15.0. The molecule has 2 N–H and O–H groups in total. The SMILES string of the molecule is COc1ccc(N2C(=O)C(CC(=O)Nc3ccccc3OC)N(NC(=O)c3ccccc3)C2=S)cc1. The quantitative estimate of drug-likeness (QED) is 0.454. The maximum absolute atomic E-state index is 13.5. The van der Waals surface area contributed by atoms with Crippen LogP contribution in [0.4, 0.5) is 11.4 Å². The fourth-order valence-electron chi connectivity index (χ4n) is 3.76.